The summed E-state index contributed by atoms with van der Waals surface area (Å²) in [5.41, 5.74) is 3.84. The Bertz CT molecular complexity index is 910. The molecule has 2 aromatic heterocycles. The van der Waals surface area contributed by atoms with Gasteiger partial charge in [-0.25, -0.2) is 0 Å². The van der Waals surface area contributed by atoms with Gasteiger partial charge in [0, 0.05) is 38.1 Å². The number of rotatable bonds is 9. The first-order chi connectivity index (χ1) is 14.3. The van der Waals surface area contributed by atoms with Gasteiger partial charge in [-0.15, -0.1) is 0 Å². The lowest BCUT2D eigenvalue weighted by molar-refractivity contribution is 0.292. The molecular formula is C21H25N7O. The van der Waals surface area contributed by atoms with E-state index in [1.54, 1.807) is 12.4 Å². The summed E-state index contributed by atoms with van der Waals surface area (Å²) in [5.74, 6) is 1.53. The van der Waals surface area contributed by atoms with Gasteiger partial charge in [0.25, 0.3) is 0 Å². The Balaban J connectivity index is 1.47. The minimum atomic E-state index is 0.122. The number of nitrogens with one attached hydrogen (secondary N) is 3. The van der Waals surface area contributed by atoms with Crippen LogP contribution >= 0.6 is 0 Å². The molecule has 4 N–H and O–H groups in total. The lowest BCUT2D eigenvalue weighted by Crippen LogP contribution is -2.22. The van der Waals surface area contributed by atoms with Crippen LogP contribution in [0.3, 0.4) is 0 Å². The normalized spacial score (nSPS) is 13.1. The zero-order valence-electron chi connectivity index (χ0n) is 16.2. The van der Waals surface area contributed by atoms with Crippen molar-refractivity contribution >= 4 is 17.8 Å². The number of benzene rings is 1. The summed E-state index contributed by atoms with van der Waals surface area (Å²) in [6.45, 7) is 1.31. The highest BCUT2D eigenvalue weighted by atomic mass is 16.3. The average molecular weight is 391 g/mol. The van der Waals surface area contributed by atoms with Gasteiger partial charge in [-0.1, -0.05) is 24.3 Å². The number of anilines is 3. The number of hydrogen-bond donors (Lipinski definition) is 4. The fraction of sp³-hybridized carbons (Fsp3) is 0.333. The Morgan fingerprint density at radius 3 is 2.21 bits per heavy atom. The van der Waals surface area contributed by atoms with Crippen molar-refractivity contribution < 1.29 is 5.11 Å². The van der Waals surface area contributed by atoms with E-state index in [9.17, 15) is 0 Å². The van der Waals surface area contributed by atoms with E-state index in [1.165, 1.54) is 11.1 Å². The molecule has 1 aromatic carbocycles. The molecule has 0 fully saturated rings. The summed E-state index contributed by atoms with van der Waals surface area (Å²) in [7, 11) is 0. The average Bonchev–Trinajstić information content (AvgIpc) is 3.15. The van der Waals surface area contributed by atoms with E-state index in [2.05, 4.69) is 60.2 Å². The first kappa shape index (κ1) is 19.1. The van der Waals surface area contributed by atoms with Gasteiger partial charge in [0.1, 0.15) is 0 Å². The van der Waals surface area contributed by atoms with Gasteiger partial charge in [-0.3, -0.25) is 4.98 Å². The molecule has 8 nitrogen and oxygen atoms in total. The standard InChI is InChI=1S/C21H25N7O/c29-11-3-8-23-19-26-20(24-14-15-6-9-22-10-7-15)28-21(27-19)25-18-12-16-4-1-2-5-17(16)13-18/h1-2,4-7,9-10,18,29H,3,8,11-14H2,(H3,23,24,25,26,27,28). The molecule has 0 saturated carbocycles. The molecule has 0 radical (unpaired) electrons. The summed E-state index contributed by atoms with van der Waals surface area (Å²) >= 11 is 0. The Morgan fingerprint density at radius 1 is 0.862 bits per heavy atom. The van der Waals surface area contributed by atoms with Crippen LogP contribution in [-0.2, 0) is 19.4 Å². The molecule has 4 rings (SSSR count). The number of hydrogen-bond acceptors (Lipinski definition) is 8. The highest BCUT2D eigenvalue weighted by molar-refractivity contribution is 5.45. The summed E-state index contributed by atoms with van der Waals surface area (Å²) in [6.07, 6.45) is 6.06. The molecule has 0 spiro atoms. The lowest BCUT2D eigenvalue weighted by Gasteiger charge is -2.14. The maximum absolute atomic E-state index is 9.02. The van der Waals surface area contributed by atoms with Crippen LogP contribution in [0.15, 0.2) is 48.8 Å². The first-order valence-corrected chi connectivity index (χ1v) is 9.87. The molecule has 0 aliphatic heterocycles. The van der Waals surface area contributed by atoms with Crippen LogP contribution < -0.4 is 16.0 Å². The molecule has 3 aromatic rings. The van der Waals surface area contributed by atoms with Crippen LogP contribution in [0.25, 0.3) is 0 Å². The highest BCUT2D eigenvalue weighted by Crippen LogP contribution is 2.24. The Labute approximate surface area is 169 Å². The van der Waals surface area contributed by atoms with Gasteiger partial charge in [-0.2, -0.15) is 15.0 Å². The van der Waals surface area contributed by atoms with Crippen molar-refractivity contribution in [1.82, 2.24) is 19.9 Å². The molecule has 0 saturated heterocycles. The lowest BCUT2D eigenvalue weighted by atomic mass is 10.1. The van der Waals surface area contributed by atoms with E-state index in [0.29, 0.717) is 37.4 Å². The highest BCUT2D eigenvalue weighted by Gasteiger charge is 2.22. The summed E-state index contributed by atoms with van der Waals surface area (Å²) in [6, 6.07) is 12.7. The monoisotopic (exact) mass is 391 g/mol. The molecule has 1 aliphatic rings. The van der Waals surface area contributed by atoms with Gasteiger partial charge >= 0.3 is 0 Å². The molecule has 8 heteroatoms. The number of aliphatic hydroxyl groups is 1. The van der Waals surface area contributed by atoms with Gasteiger partial charge in [0.15, 0.2) is 0 Å². The Hall–Kier alpha value is -3.26. The summed E-state index contributed by atoms with van der Waals surface area (Å²) < 4.78 is 0. The third-order valence-electron chi connectivity index (χ3n) is 4.84. The molecule has 150 valence electrons. The van der Waals surface area contributed by atoms with Crippen LogP contribution in [0, 0.1) is 0 Å². The molecule has 1 aliphatic carbocycles. The van der Waals surface area contributed by atoms with Gasteiger partial charge in [-0.05, 0) is 48.1 Å². The molecule has 0 atom stereocenters. The predicted octanol–water partition coefficient (Wildman–Crippen LogP) is 2.25. The number of aromatic nitrogens is 4. The molecule has 29 heavy (non-hydrogen) atoms. The number of fused-ring (bicyclic) bond motifs is 1. The SMILES string of the molecule is OCCCNc1nc(NCc2ccncc2)nc(NC2Cc3ccccc3C2)n1. The first-order valence-electron chi connectivity index (χ1n) is 9.87. The maximum Gasteiger partial charge on any atom is 0.229 e. The van der Waals surface area contributed by atoms with Crippen LogP contribution in [0.1, 0.15) is 23.1 Å². The van der Waals surface area contributed by atoms with Crippen molar-refractivity contribution in [1.29, 1.82) is 0 Å². The van der Waals surface area contributed by atoms with E-state index < -0.39 is 0 Å². The van der Waals surface area contributed by atoms with Crippen LogP contribution in [-0.4, -0.2) is 44.2 Å². The van der Waals surface area contributed by atoms with Gasteiger partial charge < -0.3 is 21.1 Å². The molecular weight excluding hydrogens is 366 g/mol. The molecule has 0 amide bonds. The second kappa shape index (κ2) is 9.29. The predicted molar refractivity (Wildman–Crippen MR) is 113 cm³/mol. The molecule has 0 bridgehead atoms. The van der Waals surface area contributed by atoms with Crippen molar-refractivity contribution in [2.24, 2.45) is 0 Å². The van der Waals surface area contributed by atoms with Gasteiger partial charge in [0.2, 0.25) is 17.8 Å². The number of nitrogens with zero attached hydrogens (tertiary/aromatic N) is 4. The van der Waals surface area contributed by atoms with E-state index in [1.807, 2.05) is 12.1 Å². The van der Waals surface area contributed by atoms with Crippen molar-refractivity contribution in [3.8, 4) is 0 Å². The van der Waals surface area contributed by atoms with Crippen molar-refractivity contribution in [3.05, 3.63) is 65.5 Å². The Morgan fingerprint density at radius 2 is 1.52 bits per heavy atom. The molecule has 0 unspecified atom stereocenters. The minimum Gasteiger partial charge on any atom is -0.396 e. The summed E-state index contributed by atoms with van der Waals surface area (Å²) in [5, 5.41) is 18.9. The van der Waals surface area contributed by atoms with Crippen molar-refractivity contribution in [2.75, 3.05) is 29.1 Å². The smallest absolute Gasteiger partial charge is 0.229 e. The zero-order valence-corrected chi connectivity index (χ0v) is 16.2. The quantitative estimate of drug-likeness (QED) is 0.412. The van der Waals surface area contributed by atoms with E-state index in [4.69, 9.17) is 5.11 Å². The van der Waals surface area contributed by atoms with Crippen LogP contribution in [0.4, 0.5) is 17.8 Å². The molecule has 2 heterocycles. The largest absolute Gasteiger partial charge is 0.396 e. The number of aliphatic hydroxyl groups excluding tert-OH is 1. The maximum atomic E-state index is 9.02. The van der Waals surface area contributed by atoms with Crippen LogP contribution in [0.5, 0.6) is 0 Å². The van der Waals surface area contributed by atoms with Crippen molar-refractivity contribution in [2.45, 2.75) is 31.8 Å². The topological polar surface area (TPSA) is 108 Å². The van der Waals surface area contributed by atoms with E-state index >= 15 is 0 Å². The third-order valence-corrected chi connectivity index (χ3v) is 4.84. The number of pyridine rings is 1. The fourth-order valence-corrected chi connectivity index (χ4v) is 3.40. The zero-order chi connectivity index (χ0) is 19.9. The second-order valence-corrected chi connectivity index (χ2v) is 7.04. The van der Waals surface area contributed by atoms with E-state index in [0.717, 1.165) is 18.4 Å². The fourth-order valence-electron chi connectivity index (χ4n) is 3.40. The third kappa shape index (κ3) is 5.17. The Kier molecular flexibility index (Phi) is 6.11. The van der Waals surface area contributed by atoms with Crippen LogP contribution in [0.2, 0.25) is 0 Å². The van der Waals surface area contributed by atoms with Crippen molar-refractivity contribution in [3.63, 3.8) is 0 Å². The minimum absolute atomic E-state index is 0.122. The summed E-state index contributed by atoms with van der Waals surface area (Å²) in [4.78, 5) is 17.6. The van der Waals surface area contributed by atoms with Gasteiger partial charge in [0.05, 0.1) is 0 Å². The second-order valence-electron chi connectivity index (χ2n) is 7.04. The van der Waals surface area contributed by atoms with E-state index in [-0.39, 0.29) is 12.6 Å².